The van der Waals surface area contributed by atoms with Crippen LogP contribution >= 0.6 is 0 Å². The number of aromatic hydroxyl groups is 1. The van der Waals surface area contributed by atoms with Crippen LogP contribution < -0.4 is 5.63 Å². The molecule has 1 saturated heterocycles. The maximum absolute atomic E-state index is 12.8. The molecule has 1 saturated carbocycles. The smallest absolute Gasteiger partial charge is 0.339 e. The van der Waals surface area contributed by atoms with Crippen molar-refractivity contribution in [2.45, 2.75) is 57.5 Å². The number of hydrogen-bond acceptors (Lipinski definition) is 5. The minimum Gasteiger partial charge on any atom is -0.508 e. The van der Waals surface area contributed by atoms with Gasteiger partial charge < -0.3 is 19.5 Å². The number of likely N-dealkylation sites (tertiary alicyclic amines) is 1. The van der Waals surface area contributed by atoms with E-state index in [1.165, 1.54) is 6.07 Å². The Morgan fingerprint density at radius 1 is 1.32 bits per heavy atom. The number of carbonyl (C=O) groups excluding carboxylic acids is 1. The van der Waals surface area contributed by atoms with E-state index in [0.29, 0.717) is 37.1 Å². The molecule has 2 aromatic rings. The number of aryl methyl sites for hydroxylation is 1. The Labute approximate surface area is 163 Å². The molecule has 0 radical (unpaired) electrons. The highest BCUT2D eigenvalue weighted by Gasteiger charge is 2.43. The molecule has 2 N–H and O–H groups in total. The van der Waals surface area contributed by atoms with Crippen molar-refractivity contribution in [1.82, 2.24) is 4.90 Å². The molecule has 28 heavy (non-hydrogen) atoms. The largest absolute Gasteiger partial charge is 0.508 e. The number of phenolic OH excluding ortho intramolecular Hbond substituents is 1. The van der Waals surface area contributed by atoms with Gasteiger partial charge in [0.15, 0.2) is 0 Å². The molecule has 6 nitrogen and oxygen atoms in total. The maximum atomic E-state index is 12.8. The summed E-state index contributed by atoms with van der Waals surface area (Å²) in [5.41, 5.74) is 0.599. The fourth-order valence-electron chi connectivity index (χ4n) is 4.86. The highest BCUT2D eigenvalue weighted by atomic mass is 16.4. The average Bonchev–Trinajstić information content (AvgIpc) is 2.66. The number of aliphatic hydroxyl groups is 1. The Hall–Kier alpha value is -2.34. The summed E-state index contributed by atoms with van der Waals surface area (Å²) in [5, 5.41) is 21.1. The van der Waals surface area contributed by atoms with Gasteiger partial charge in [-0.1, -0.05) is 12.8 Å². The van der Waals surface area contributed by atoms with Gasteiger partial charge in [0.1, 0.15) is 11.3 Å². The van der Waals surface area contributed by atoms with Crippen LogP contribution in [0.5, 0.6) is 5.75 Å². The van der Waals surface area contributed by atoms with Gasteiger partial charge >= 0.3 is 5.63 Å². The van der Waals surface area contributed by atoms with Crippen LogP contribution in [0.15, 0.2) is 27.4 Å². The van der Waals surface area contributed by atoms with E-state index in [4.69, 9.17) is 4.42 Å². The zero-order chi connectivity index (χ0) is 19.9. The topological polar surface area (TPSA) is 91.0 Å². The van der Waals surface area contributed by atoms with Crippen LogP contribution in [-0.2, 0) is 11.2 Å². The van der Waals surface area contributed by atoms with Gasteiger partial charge in [0.05, 0.1) is 5.60 Å². The number of amides is 1. The molecule has 1 aromatic heterocycles. The van der Waals surface area contributed by atoms with Crippen molar-refractivity contribution in [3.63, 3.8) is 0 Å². The molecule has 1 amide bonds. The summed E-state index contributed by atoms with van der Waals surface area (Å²) in [6, 6.07) is 4.71. The Kier molecular flexibility index (Phi) is 4.91. The van der Waals surface area contributed by atoms with Gasteiger partial charge in [-0.25, -0.2) is 4.79 Å². The van der Waals surface area contributed by atoms with Crippen molar-refractivity contribution in [2.75, 3.05) is 13.1 Å². The van der Waals surface area contributed by atoms with Crippen LogP contribution in [-0.4, -0.2) is 39.7 Å². The number of nitrogens with zero attached hydrogens (tertiary/aromatic N) is 1. The van der Waals surface area contributed by atoms with E-state index < -0.39 is 11.2 Å². The molecule has 2 unspecified atom stereocenters. The van der Waals surface area contributed by atoms with E-state index in [-0.39, 0.29) is 24.0 Å². The normalized spacial score (nSPS) is 24.9. The van der Waals surface area contributed by atoms with Gasteiger partial charge in [0.25, 0.3) is 0 Å². The number of fused-ring (bicyclic) bond motifs is 2. The van der Waals surface area contributed by atoms with Crippen molar-refractivity contribution in [2.24, 2.45) is 5.92 Å². The Morgan fingerprint density at radius 3 is 2.96 bits per heavy atom. The quantitative estimate of drug-likeness (QED) is 0.793. The molecule has 4 rings (SSSR count). The lowest BCUT2D eigenvalue weighted by Gasteiger charge is -2.47. The predicted octanol–water partition coefficient (Wildman–Crippen LogP) is 2.89. The number of rotatable bonds is 3. The molecular weight excluding hydrogens is 358 g/mol. The van der Waals surface area contributed by atoms with E-state index in [1.54, 1.807) is 12.1 Å². The van der Waals surface area contributed by atoms with Crippen molar-refractivity contribution in [3.8, 4) is 5.75 Å². The summed E-state index contributed by atoms with van der Waals surface area (Å²) in [5.74, 6) is 0.238. The first kappa shape index (κ1) is 19.0. The highest BCUT2D eigenvalue weighted by Crippen LogP contribution is 2.39. The first-order valence-electron chi connectivity index (χ1n) is 10.1. The van der Waals surface area contributed by atoms with Gasteiger partial charge in [-0.2, -0.15) is 0 Å². The van der Waals surface area contributed by atoms with Gasteiger partial charge in [0.2, 0.25) is 5.91 Å². The first-order valence-corrected chi connectivity index (χ1v) is 10.1. The van der Waals surface area contributed by atoms with Crippen molar-refractivity contribution in [3.05, 3.63) is 39.7 Å². The Bertz CT molecular complexity index is 965. The van der Waals surface area contributed by atoms with Gasteiger partial charge in [0, 0.05) is 42.4 Å². The second-order valence-electron chi connectivity index (χ2n) is 8.31. The lowest BCUT2D eigenvalue weighted by atomic mass is 9.71. The third-order valence-corrected chi connectivity index (χ3v) is 6.64. The highest BCUT2D eigenvalue weighted by molar-refractivity contribution is 5.82. The minimum absolute atomic E-state index is 0.0252. The maximum Gasteiger partial charge on any atom is 0.339 e. The third-order valence-electron chi connectivity index (χ3n) is 6.64. The molecule has 6 heteroatoms. The van der Waals surface area contributed by atoms with E-state index in [9.17, 15) is 19.8 Å². The summed E-state index contributed by atoms with van der Waals surface area (Å²) in [7, 11) is 0. The van der Waals surface area contributed by atoms with Crippen molar-refractivity contribution < 1.29 is 19.4 Å². The first-order chi connectivity index (χ1) is 13.4. The molecule has 1 aliphatic carbocycles. The SMILES string of the molecule is Cc1c(CCC(=O)N2CCC3(O)CCCCC3C2)c(=O)oc2cc(O)ccc12. The summed E-state index contributed by atoms with van der Waals surface area (Å²) < 4.78 is 5.34. The molecule has 1 aliphatic heterocycles. The summed E-state index contributed by atoms with van der Waals surface area (Å²) in [4.78, 5) is 27.0. The number of benzene rings is 1. The second kappa shape index (κ2) is 7.24. The van der Waals surface area contributed by atoms with Crippen LogP contribution in [0.4, 0.5) is 0 Å². The summed E-state index contributed by atoms with van der Waals surface area (Å²) in [6.45, 7) is 3.04. The third kappa shape index (κ3) is 3.41. The number of phenols is 1. The van der Waals surface area contributed by atoms with E-state index in [0.717, 1.165) is 36.6 Å². The van der Waals surface area contributed by atoms with Gasteiger partial charge in [-0.05, 0) is 50.3 Å². The van der Waals surface area contributed by atoms with Crippen LogP contribution in [0, 0.1) is 12.8 Å². The Morgan fingerprint density at radius 2 is 2.14 bits per heavy atom. The fourth-order valence-corrected chi connectivity index (χ4v) is 4.86. The van der Waals surface area contributed by atoms with Crippen LogP contribution in [0.25, 0.3) is 11.0 Å². The Balaban J connectivity index is 1.47. The van der Waals surface area contributed by atoms with E-state index in [1.807, 2.05) is 11.8 Å². The molecule has 0 bridgehead atoms. The molecule has 1 aromatic carbocycles. The molecule has 0 spiro atoms. The average molecular weight is 385 g/mol. The molecule has 2 atom stereocenters. The number of carbonyl (C=O) groups is 1. The minimum atomic E-state index is -0.601. The lowest BCUT2D eigenvalue weighted by Crippen LogP contribution is -2.54. The number of hydrogen-bond donors (Lipinski definition) is 2. The molecule has 2 fully saturated rings. The standard InChI is InChI=1S/C22H27NO5/c1-14-17-6-5-16(24)12-19(17)28-21(26)18(14)7-8-20(25)23-11-10-22(27)9-3-2-4-15(22)13-23/h5-6,12,15,24,27H,2-4,7-11,13H2,1H3. The van der Waals surface area contributed by atoms with E-state index in [2.05, 4.69) is 0 Å². The molecule has 2 aliphatic rings. The summed E-state index contributed by atoms with van der Waals surface area (Å²) in [6.07, 6.45) is 5.21. The summed E-state index contributed by atoms with van der Waals surface area (Å²) >= 11 is 0. The van der Waals surface area contributed by atoms with E-state index >= 15 is 0 Å². The molecular formula is C22H27NO5. The molecule has 150 valence electrons. The monoisotopic (exact) mass is 385 g/mol. The molecule has 2 heterocycles. The number of piperidine rings is 1. The predicted molar refractivity (Wildman–Crippen MR) is 105 cm³/mol. The fraction of sp³-hybridized carbons (Fsp3) is 0.545. The van der Waals surface area contributed by atoms with Crippen LogP contribution in [0.1, 0.15) is 49.7 Å². The zero-order valence-electron chi connectivity index (χ0n) is 16.2. The van der Waals surface area contributed by atoms with Gasteiger partial charge in [-0.15, -0.1) is 0 Å². The lowest BCUT2D eigenvalue weighted by molar-refractivity contribution is -0.143. The van der Waals surface area contributed by atoms with Crippen LogP contribution in [0.2, 0.25) is 0 Å². The zero-order valence-corrected chi connectivity index (χ0v) is 16.2. The van der Waals surface area contributed by atoms with Gasteiger partial charge in [-0.3, -0.25) is 4.79 Å². The second-order valence-corrected chi connectivity index (χ2v) is 8.31. The van der Waals surface area contributed by atoms with Crippen molar-refractivity contribution >= 4 is 16.9 Å². The van der Waals surface area contributed by atoms with Crippen LogP contribution in [0.3, 0.4) is 0 Å². The van der Waals surface area contributed by atoms with Crippen molar-refractivity contribution in [1.29, 1.82) is 0 Å².